The molecule has 1 aliphatic rings. The Kier molecular flexibility index (Phi) is 7.05. The molecular formula is C13H29N5. The predicted octanol–water partition coefficient (Wildman–Crippen LogP) is 0.197. The van der Waals surface area contributed by atoms with Gasteiger partial charge in [0.1, 0.15) is 0 Å². The largest absolute Gasteiger partial charge is 0.357 e. The Hall–Kier alpha value is -0.810. The molecule has 0 bridgehead atoms. The van der Waals surface area contributed by atoms with E-state index in [1.807, 2.05) is 0 Å². The van der Waals surface area contributed by atoms with Crippen LogP contribution in [0.2, 0.25) is 0 Å². The number of rotatable bonds is 5. The molecular weight excluding hydrogens is 226 g/mol. The van der Waals surface area contributed by atoms with Crippen LogP contribution in [0.4, 0.5) is 0 Å². The lowest BCUT2D eigenvalue weighted by Crippen LogP contribution is -2.49. The molecule has 1 atom stereocenters. The van der Waals surface area contributed by atoms with Crippen molar-refractivity contribution in [1.82, 2.24) is 20.4 Å². The lowest BCUT2D eigenvalue weighted by Gasteiger charge is -2.35. The molecule has 1 fully saturated rings. The van der Waals surface area contributed by atoms with Gasteiger partial charge in [-0.25, -0.2) is 0 Å². The normalized spacial score (nSPS) is 19.3. The van der Waals surface area contributed by atoms with Crippen molar-refractivity contribution >= 4 is 5.96 Å². The molecule has 0 aromatic heterocycles. The van der Waals surface area contributed by atoms with Crippen LogP contribution in [0, 0.1) is 0 Å². The summed E-state index contributed by atoms with van der Waals surface area (Å²) in [5, 5.41) is 6.52. The van der Waals surface area contributed by atoms with Crippen LogP contribution in [0.1, 0.15) is 20.8 Å². The number of hydrogen-bond donors (Lipinski definition) is 2. The van der Waals surface area contributed by atoms with E-state index in [0.29, 0.717) is 6.04 Å². The number of nitrogens with zero attached hydrogens (tertiary/aromatic N) is 3. The van der Waals surface area contributed by atoms with Gasteiger partial charge in [0, 0.05) is 45.3 Å². The maximum Gasteiger partial charge on any atom is 0.191 e. The van der Waals surface area contributed by atoms with Crippen LogP contribution in [0.25, 0.3) is 0 Å². The molecule has 0 aromatic rings. The van der Waals surface area contributed by atoms with Crippen molar-refractivity contribution in [3.8, 4) is 0 Å². The van der Waals surface area contributed by atoms with E-state index in [9.17, 15) is 0 Å². The van der Waals surface area contributed by atoms with Gasteiger partial charge in [0.05, 0.1) is 6.54 Å². The van der Waals surface area contributed by atoms with Crippen LogP contribution in [0.5, 0.6) is 0 Å². The molecule has 18 heavy (non-hydrogen) atoms. The topological polar surface area (TPSA) is 42.9 Å². The third kappa shape index (κ3) is 5.23. The zero-order valence-electron chi connectivity index (χ0n) is 12.4. The first-order chi connectivity index (χ1) is 8.67. The van der Waals surface area contributed by atoms with E-state index in [1.54, 1.807) is 0 Å². The Morgan fingerprint density at radius 1 is 1.11 bits per heavy atom. The average Bonchev–Trinajstić information content (AvgIpc) is 2.37. The van der Waals surface area contributed by atoms with Gasteiger partial charge in [-0.05, 0) is 27.8 Å². The van der Waals surface area contributed by atoms with Gasteiger partial charge >= 0.3 is 0 Å². The number of nitrogens with one attached hydrogen (secondary N) is 2. The molecule has 1 aliphatic heterocycles. The van der Waals surface area contributed by atoms with Crippen molar-refractivity contribution in [3.05, 3.63) is 0 Å². The summed E-state index contributed by atoms with van der Waals surface area (Å²) in [7, 11) is 2.19. The van der Waals surface area contributed by atoms with Crippen molar-refractivity contribution < 1.29 is 0 Å². The Balaban J connectivity index is 2.37. The number of piperazine rings is 1. The second-order valence-electron chi connectivity index (χ2n) is 4.94. The smallest absolute Gasteiger partial charge is 0.191 e. The lowest BCUT2D eigenvalue weighted by molar-refractivity contribution is 0.122. The monoisotopic (exact) mass is 255 g/mol. The average molecular weight is 255 g/mol. The van der Waals surface area contributed by atoms with E-state index < -0.39 is 0 Å². The zero-order chi connectivity index (χ0) is 13.4. The van der Waals surface area contributed by atoms with Crippen LogP contribution >= 0.6 is 0 Å². The standard InChI is InChI=1S/C13H29N5/c1-5-14-13(15-6-2)16-11-12(3)18-9-7-17(4)8-10-18/h12H,5-11H2,1-4H3,(H2,14,15,16)/t12-/m0/s1. The fourth-order valence-corrected chi connectivity index (χ4v) is 2.11. The molecule has 0 saturated carbocycles. The van der Waals surface area contributed by atoms with Gasteiger partial charge in [-0.2, -0.15) is 0 Å². The van der Waals surface area contributed by atoms with Crippen molar-refractivity contribution in [3.63, 3.8) is 0 Å². The Morgan fingerprint density at radius 3 is 2.17 bits per heavy atom. The van der Waals surface area contributed by atoms with Gasteiger partial charge in [-0.15, -0.1) is 0 Å². The third-order valence-electron chi connectivity index (χ3n) is 3.36. The fourth-order valence-electron chi connectivity index (χ4n) is 2.11. The SMILES string of the molecule is CCNC(=NC[C@H](C)N1CCN(C)CC1)NCC. The van der Waals surface area contributed by atoms with Crippen LogP contribution in [0.15, 0.2) is 4.99 Å². The Bertz CT molecular complexity index is 238. The highest BCUT2D eigenvalue weighted by atomic mass is 15.3. The van der Waals surface area contributed by atoms with Crippen molar-refractivity contribution in [2.75, 3.05) is 52.9 Å². The lowest BCUT2D eigenvalue weighted by atomic mass is 10.2. The quantitative estimate of drug-likeness (QED) is 0.544. The highest BCUT2D eigenvalue weighted by Crippen LogP contribution is 2.05. The number of guanidine groups is 1. The molecule has 2 N–H and O–H groups in total. The summed E-state index contributed by atoms with van der Waals surface area (Å²) in [6.07, 6.45) is 0. The number of aliphatic imine (C=N–C) groups is 1. The van der Waals surface area contributed by atoms with Gasteiger partial charge in [0.15, 0.2) is 5.96 Å². The molecule has 1 heterocycles. The molecule has 0 spiro atoms. The number of hydrogen-bond acceptors (Lipinski definition) is 3. The number of likely N-dealkylation sites (N-methyl/N-ethyl adjacent to an activating group) is 1. The van der Waals surface area contributed by atoms with Crippen molar-refractivity contribution in [1.29, 1.82) is 0 Å². The fraction of sp³-hybridized carbons (Fsp3) is 0.923. The first kappa shape index (κ1) is 15.2. The van der Waals surface area contributed by atoms with Crippen LogP contribution in [-0.4, -0.2) is 74.7 Å². The zero-order valence-corrected chi connectivity index (χ0v) is 12.4. The van der Waals surface area contributed by atoms with Gasteiger partial charge in [-0.3, -0.25) is 9.89 Å². The first-order valence-electron chi connectivity index (χ1n) is 7.12. The molecule has 1 saturated heterocycles. The van der Waals surface area contributed by atoms with Crippen LogP contribution in [-0.2, 0) is 0 Å². The molecule has 0 radical (unpaired) electrons. The maximum absolute atomic E-state index is 4.64. The molecule has 0 aromatic carbocycles. The van der Waals surface area contributed by atoms with Crippen molar-refractivity contribution in [2.24, 2.45) is 4.99 Å². The summed E-state index contributed by atoms with van der Waals surface area (Å²) in [5.41, 5.74) is 0. The summed E-state index contributed by atoms with van der Waals surface area (Å²) in [4.78, 5) is 9.55. The highest BCUT2D eigenvalue weighted by Gasteiger charge is 2.18. The molecule has 5 heteroatoms. The van der Waals surface area contributed by atoms with E-state index in [-0.39, 0.29) is 0 Å². The summed E-state index contributed by atoms with van der Waals surface area (Å²) in [5.74, 6) is 0.931. The van der Waals surface area contributed by atoms with E-state index in [0.717, 1.165) is 38.7 Å². The predicted molar refractivity (Wildman–Crippen MR) is 78.2 cm³/mol. The molecule has 0 unspecified atom stereocenters. The van der Waals surface area contributed by atoms with Gasteiger partial charge in [0.25, 0.3) is 0 Å². The van der Waals surface area contributed by atoms with E-state index in [2.05, 4.69) is 53.2 Å². The molecule has 5 nitrogen and oxygen atoms in total. The van der Waals surface area contributed by atoms with Crippen LogP contribution < -0.4 is 10.6 Å². The van der Waals surface area contributed by atoms with Gasteiger partial charge in [0.2, 0.25) is 0 Å². The maximum atomic E-state index is 4.64. The first-order valence-corrected chi connectivity index (χ1v) is 7.12. The molecule has 0 aliphatic carbocycles. The Labute approximate surface area is 112 Å². The third-order valence-corrected chi connectivity index (χ3v) is 3.36. The molecule has 1 rings (SSSR count). The molecule has 0 amide bonds. The highest BCUT2D eigenvalue weighted by molar-refractivity contribution is 5.79. The van der Waals surface area contributed by atoms with Crippen molar-refractivity contribution in [2.45, 2.75) is 26.8 Å². The van der Waals surface area contributed by atoms with E-state index >= 15 is 0 Å². The summed E-state index contributed by atoms with van der Waals surface area (Å²) in [6, 6.07) is 0.519. The minimum atomic E-state index is 0.519. The van der Waals surface area contributed by atoms with E-state index in [1.165, 1.54) is 13.1 Å². The summed E-state index contributed by atoms with van der Waals surface area (Å²) < 4.78 is 0. The minimum Gasteiger partial charge on any atom is -0.357 e. The Morgan fingerprint density at radius 2 is 1.67 bits per heavy atom. The van der Waals surface area contributed by atoms with Crippen LogP contribution in [0.3, 0.4) is 0 Å². The summed E-state index contributed by atoms with van der Waals surface area (Å²) >= 11 is 0. The van der Waals surface area contributed by atoms with E-state index in [4.69, 9.17) is 0 Å². The molecule has 106 valence electrons. The minimum absolute atomic E-state index is 0.519. The second-order valence-corrected chi connectivity index (χ2v) is 4.94. The van der Waals surface area contributed by atoms with Gasteiger partial charge in [-0.1, -0.05) is 0 Å². The summed E-state index contributed by atoms with van der Waals surface area (Å²) in [6.45, 7) is 13.8. The second kappa shape index (κ2) is 8.32. The van der Waals surface area contributed by atoms with Gasteiger partial charge < -0.3 is 15.5 Å².